The van der Waals surface area contributed by atoms with Crippen LogP contribution in [0.1, 0.15) is 24.1 Å². The van der Waals surface area contributed by atoms with Crippen LogP contribution in [0.2, 0.25) is 0 Å². The van der Waals surface area contributed by atoms with Crippen LogP contribution < -0.4 is 14.8 Å². The highest BCUT2D eigenvalue weighted by Crippen LogP contribution is 2.19. The summed E-state index contributed by atoms with van der Waals surface area (Å²) in [6, 6.07) is 25.0. The quantitative estimate of drug-likeness (QED) is 0.518. The summed E-state index contributed by atoms with van der Waals surface area (Å²) in [5, 5.41) is 2.93. The monoisotopic (exact) mass is 439 g/mol. The largest absolute Gasteiger partial charge is 0.489 e. The molecular weight excluding hydrogens is 418 g/mol. The molecule has 0 spiro atoms. The first-order chi connectivity index (χ1) is 13.6. The summed E-state index contributed by atoms with van der Waals surface area (Å²) in [6.07, 6.45) is 0. The zero-order valence-electron chi connectivity index (χ0n) is 15.6. The molecule has 0 saturated heterocycles. The molecule has 0 aromatic heterocycles. The first-order valence-electron chi connectivity index (χ1n) is 9.04. The molecule has 3 aromatic carbocycles. The van der Waals surface area contributed by atoms with Gasteiger partial charge >= 0.3 is 0 Å². The normalized spacial score (nSPS) is 11.5. The number of amides is 1. The highest BCUT2D eigenvalue weighted by atomic mass is 79.9. The fourth-order valence-electron chi connectivity index (χ4n) is 2.64. The number of hydrogen-bond donors (Lipinski definition) is 1. The summed E-state index contributed by atoms with van der Waals surface area (Å²) in [4.78, 5) is 12.1. The van der Waals surface area contributed by atoms with Gasteiger partial charge in [-0.25, -0.2) is 0 Å². The van der Waals surface area contributed by atoms with Crippen molar-refractivity contribution in [2.45, 2.75) is 19.6 Å². The van der Waals surface area contributed by atoms with E-state index in [0.29, 0.717) is 12.4 Å². The minimum absolute atomic E-state index is 0.0366. The van der Waals surface area contributed by atoms with Crippen LogP contribution in [-0.2, 0) is 11.4 Å². The minimum atomic E-state index is -0.167. The third kappa shape index (κ3) is 6.13. The van der Waals surface area contributed by atoms with Gasteiger partial charge in [-0.15, -0.1) is 0 Å². The third-order valence-electron chi connectivity index (χ3n) is 4.19. The molecule has 0 heterocycles. The van der Waals surface area contributed by atoms with Crippen molar-refractivity contribution in [2.75, 3.05) is 6.61 Å². The van der Waals surface area contributed by atoms with Gasteiger partial charge in [0, 0.05) is 4.47 Å². The number of carbonyl (C=O) groups excluding carboxylic acids is 1. The van der Waals surface area contributed by atoms with Gasteiger partial charge in [-0.3, -0.25) is 4.79 Å². The lowest BCUT2D eigenvalue weighted by molar-refractivity contribution is -0.123. The Labute approximate surface area is 173 Å². The molecule has 0 radical (unpaired) electrons. The maximum Gasteiger partial charge on any atom is 0.258 e. The Morgan fingerprint density at radius 1 is 0.893 bits per heavy atom. The molecule has 28 heavy (non-hydrogen) atoms. The van der Waals surface area contributed by atoms with E-state index in [1.165, 1.54) is 0 Å². The van der Waals surface area contributed by atoms with Crippen LogP contribution >= 0.6 is 15.9 Å². The third-order valence-corrected chi connectivity index (χ3v) is 4.72. The fraction of sp³-hybridized carbons (Fsp3) is 0.174. The Hall–Kier alpha value is -2.79. The topological polar surface area (TPSA) is 47.6 Å². The maximum atomic E-state index is 12.1. The van der Waals surface area contributed by atoms with Crippen LogP contribution in [0.4, 0.5) is 0 Å². The smallest absolute Gasteiger partial charge is 0.258 e. The van der Waals surface area contributed by atoms with Gasteiger partial charge in [-0.1, -0.05) is 58.4 Å². The lowest BCUT2D eigenvalue weighted by Crippen LogP contribution is -2.31. The molecule has 0 fully saturated rings. The molecule has 144 valence electrons. The van der Waals surface area contributed by atoms with Crippen LogP contribution in [0.25, 0.3) is 0 Å². The van der Waals surface area contributed by atoms with Crippen LogP contribution in [0.3, 0.4) is 0 Å². The van der Waals surface area contributed by atoms with Crippen molar-refractivity contribution in [2.24, 2.45) is 0 Å². The molecule has 3 aromatic rings. The summed E-state index contributed by atoms with van der Waals surface area (Å²) in [6.45, 7) is 2.42. The molecule has 0 aliphatic carbocycles. The van der Waals surface area contributed by atoms with Gasteiger partial charge in [-0.05, 0) is 54.4 Å². The van der Waals surface area contributed by atoms with E-state index >= 15 is 0 Å². The first-order valence-corrected chi connectivity index (χ1v) is 9.84. The van der Waals surface area contributed by atoms with Crippen LogP contribution in [0.5, 0.6) is 11.5 Å². The number of carbonyl (C=O) groups is 1. The number of hydrogen-bond acceptors (Lipinski definition) is 3. The second kappa shape index (κ2) is 9.95. The van der Waals surface area contributed by atoms with Crippen molar-refractivity contribution in [1.29, 1.82) is 0 Å². The van der Waals surface area contributed by atoms with Gasteiger partial charge in [0.05, 0.1) is 6.04 Å². The van der Waals surface area contributed by atoms with Gasteiger partial charge < -0.3 is 14.8 Å². The second-order valence-electron chi connectivity index (χ2n) is 6.38. The molecule has 1 N–H and O–H groups in total. The highest BCUT2D eigenvalue weighted by molar-refractivity contribution is 9.10. The zero-order valence-corrected chi connectivity index (χ0v) is 17.2. The van der Waals surface area contributed by atoms with Crippen LogP contribution in [0, 0.1) is 0 Å². The van der Waals surface area contributed by atoms with Crippen molar-refractivity contribution in [3.8, 4) is 11.5 Å². The predicted octanol–water partition coefficient (Wildman–Crippen LogP) is 5.28. The van der Waals surface area contributed by atoms with E-state index in [4.69, 9.17) is 9.47 Å². The molecule has 0 aliphatic rings. The second-order valence-corrected chi connectivity index (χ2v) is 7.29. The number of rotatable bonds is 8. The van der Waals surface area contributed by atoms with Crippen LogP contribution in [0.15, 0.2) is 83.3 Å². The van der Waals surface area contributed by atoms with Crippen molar-refractivity contribution < 1.29 is 14.3 Å². The molecule has 1 amide bonds. The van der Waals surface area contributed by atoms with E-state index in [1.54, 1.807) is 12.1 Å². The summed E-state index contributed by atoms with van der Waals surface area (Å²) in [5.41, 5.74) is 2.15. The molecule has 4 nitrogen and oxygen atoms in total. The molecule has 0 saturated carbocycles. The fourth-order valence-corrected chi connectivity index (χ4v) is 2.90. The highest BCUT2D eigenvalue weighted by Gasteiger charge is 2.10. The number of benzene rings is 3. The summed E-state index contributed by atoms with van der Waals surface area (Å²) in [5.74, 6) is 1.21. The van der Waals surface area contributed by atoms with Crippen molar-refractivity contribution in [1.82, 2.24) is 5.32 Å². The van der Waals surface area contributed by atoms with Gasteiger partial charge in [-0.2, -0.15) is 0 Å². The SMILES string of the molecule is CC(NC(=O)COc1ccc(OCc2ccccc2)cc1)c1ccc(Br)cc1. The Morgan fingerprint density at radius 2 is 1.50 bits per heavy atom. The van der Waals surface area contributed by atoms with E-state index in [-0.39, 0.29) is 18.6 Å². The van der Waals surface area contributed by atoms with E-state index in [2.05, 4.69) is 21.2 Å². The summed E-state index contributed by atoms with van der Waals surface area (Å²) in [7, 11) is 0. The predicted molar refractivity (Wildman–Crippen MR) is 113 cm³/mol. The average molecular weight is 440 g/mol. The minimum Gasteiger partial charge on any atom is -0.489 e. The van der Waals surface area contributed by atoms with E-state index in [0.717, 1.165) is 21.3 Å². The Kier molecular flexibility index (Phi) is 7.09. The van der Waals surface area contributed by atoms with Crippen molar-refractivity contribution in [3.05, 3.63) is 94.5 Å². The van der Waals surface area contributed by atoms with Gasteiger partial charge in [0.2, 0.25) is 0 Å². The van der Waals surface area contributed by atoms with E-state index in [9.17, 15) is 4.79 Å². The van der Waals surface area contributed by atoms with Crippen molar-refractivity contribution in [3.63, 3.8) is 0 Å². The standard InChI is InChI=1S/C23H22BrNO3/c1-17(19-7-9-20(24)10-8-19)25-23(26)16-28-22-13-11-21(12-14-22)27-15-18-5-3-2-4-6-18/h2-14,17H,15-16H2,1H3,(H,25,26). The lowest BCUT2D eigenvalue weighted by Gasteiger charge is -2.15. The molecule has 0 bridgehead atoms. The zero-order chi connectivity index (χ0) is 19.8. The van der Waals surface area contributed by atoms with E-state index < -0.39 is 0 Å². The molecule has 0 aliphatic heterocycles. The first kappa shape index (κ1) is 20.0. The molecule has 5 heteroatoms. The van der Waals surface area contributed by atoms with Gasteiger partial charge in [0.1, 0.15) is 18.1 Å². The number of ether oxygens (including phenoxy) is 2. The van der Waals surface area contributed by atoms with Gasteiger partial charge in [0.15, 0.2) is 6.61 Å². The number of nitrogens with one attached hydrogen (secondary N) is 1. The Morgan fingerprint density at radius 3 is 2.14 bits per heavy atom. The molecule has 3 rings (SSSR count). The lowest BCUT2D eigenvalue weighted by atomic mass is 10.1. The summed E-state index contributed by atoms with van der Waals surface area (Å²) >= 11 is 3.41. The van der Waals surface area contributed by atoms with Crippen LogP contribution in [-0.4, -0.2) is 12.5 Å². The Balaban J connectivity index is 1.43. The Bertz CT molecular complexity index is 880. The van der Waals surface area contributed by atoms with Crippen molar-refractivity contribution >= 4 is 21.8 Å². The number of halogens is 1. The molecule has 1 atom stereocenters. The molecule has 1 unspecified atom stereocenters. The van der Waals surface area contributed by atoms with Gasteiger partial charge in [0.25, 0.3) is 5.91 Å². The maximum absolute atomic E-state index is 12.1. The average Bonchev–Trinajstić information content (AvgIpc) is 2.72. The summed E-state index contributed by atoms with van der Waals surface area (Å²) < 4.78 is 12.3. The van der Waals surface area contributed by atoms with E-state index in [1.807, 2.05) is 73.7 Å². The molecular formula is C23H22BrNO3.